The van der Waals surface area contributed by atoms with Crippen molar-refractivity contribution in [2.45, 2.75) is 0 Å². The number of hydrogen-bond donors (Lipinski definition) is 1. The van der Waals surface area contributed by atoms with Crippen LogP contribution in [0.2, 0.25) is 0 Å². The average Bonchev–Trinajstić information content (AvgIpc) is 2.41. The molecule has 0 aromatic carbocycles. The Morgan fingerprint density at radius 2 is 1.17 bits per heavy atom. The highest BCUT2D eigenvalue weighted by molar-refractivity contribution is 5.40. The van der Waals surface area contributed by atoms with Crippen molar-refractivity contribution in [2.75, 3.05) is 51.3 Å². The SMILES string of the molecule is CNc1nc(N(OC)OC)nc(N(OC)OC)n1. The normalized spacial score (nSPS) is 10.3. The summed E-state index contributed by atoms with van der Waals surface area (Å²) in [5, 5.41) is 4.79. The molecule has 0 fully saturated rings. The Morgan fingerprint density at radius 1 is 0.778 bits per heavy atom. The van der Waals surface area contributed by atoms with Gasteiger partial charge in [-0.3, -0.25) is 0 Å². The van der Waals surface area contributed by atoms with Crippen LogP contribution in [0, 0.1) is 0 Å². The third-order valence-corrected chi connectivity index (χ3v) is 1.83. The molecule has 0 atom stereocenters. The molecule has 0 amide bonds. The zero-order valence-electron chi connectivity index (χ0n) is 10.9. The van der Waals surface area contributed by atoms with Gasteiger partial charge in [-0.15, -0.1) is 0 Å². The smallest absolute Gasteiger partial charge is 0.284 e. The van der Waals surface area contributed by atoms with Crippen molar-refractivity contribution in [1.29, 1.82) is 0 Å². The van der Waals surface area contributed by atoms with E-state index in [-0.39, 0.29) is 11.9 Å². The molecule has 0 bridgehead atoms. The average molecular weight is 260 g/mol. The Morgan fingerprint density at radius 3 is 1.44 bits per heavy atom. The molecule has 0 aliphatic carbocycles. The van der Waals surface area contributed by atoms with Crippen LogP contribution in [-0.4, -0.2) is 50.4 Å². The molecule has 0 spiro atoms. The highest BCUT2D eigenvalue weighted by atomic mass is 16.9. The molecule has 0 aliphatic rings. The van der Waals surface area contributed by atoms with Gasteiger partial charge in [0.1, 0.15) is 0 Å². The van der Waals surface area contributed by atoms with Crippen molar-refractivity contribution in [3.63, 3.8) is 0 Å². The summed E-state index contributed by atoms with van der Waals surface area (Å²) in [5.74, 6) is 0.565. The van der Waals surface area contributed by atoms with Crippen LogP contribution in [-0.2, 0) is 19.4 Å². The van der Waals surface area contributed by atoms with Crippen LogP contribution in [0.25, 0.3) is 0 Å². The monoisotopic (exact) mass is 260 g/mol. The van der Waals surface area contributed by atoms with Crippen molar-refractivity contribution < 1.29 is 19.4 Å². The van der Waals surface area contributed by atoms with Crippen LogP contribution in [0.1, 0.15) is 0 Å². The molecule has 1 N–H and O–H groups in total. The van der Waals surface area contributed by atoms with Gasteiger partial charge in [0.25, 0.3) is 11.9 Å². The lowest BCUT2D eigenvalue weighted by Gasteiger charge is -2.19. The van der Waals surface area contributed by atoms with E-state index in [1.54, 1.807) is 7.05 Å². The zero-order valence-corrected chi connectivity index (χ0v) is 10.9. The van der Waals surface area contributed by atoms with Crippen LogP contribution in [0.3, 0.4) is 0 Å². The van der Waals surface area contributed by atoms with Gasteiger partial charge >= 0.3 is 0 Å². The molecule has 0 radical (unpaired) electrons. The van der Waals surface area contributed by atoms with E-state index in [0.717, 1.165) is 10.5 Å². The molecule has 1 aromatic heterocycles. The number of nitrogens with zero attached hydrogens (tertiary/aromatic N) is 5. The molecule has 102 valence electrons. The van der Waals surface area contributed by atoms with Gasteiger partial charge in [-0.25, -0.2) is 19.4 Å². The van der Waals surface area contributed by atoms with E-state index in [9.17, 15) is 0 Å². The maximum Gasteiger partial charge on any atom is 0.284 e. The summed E-state index contributed by atoms with van der Waals surface area (Å²) in [5.41, 5.74) is 0. The molecule has 0 unspecified atom stereocenters. The topological polar surface area (TPSA) is 94.1 Å². The van der Waals surface area contributed by atoms with Gasteiger partial charge in [0.2, 0.25) is 5.95 Å². The van der Waals surface area contributed by atoms with Crippen LogP contribution < -0.4 is 15.8 Å². The lowest BCUT2D eigenvalue weighted by atomic mass is 10.8. The van der Waals surface area contributed by atoms with Crippen LogP contribution in [0.15, 0.2) is 0 Å². The Hall–Kier alpha value is -1.75. The van der Waals surface area contributed by atoms with Crippen LogP contribution >= 0.6 is 0 Å². The first kappa shape index (κ1) is 14.3. The van der Waals surface area contributed by atoms with E-state index in [4.69, 9.17) is 19.4 Å². The maximum atomic E-state index is 4.92. The van der Waals surface area contributed by atoms with E-state index in [1.807, 2.05) is 0 Å². The number of anilines is 3. The third kappa shape index (κ3) is 3.13. The van der Waals surface area contributed by atoms with Crippen molar-refractivity contribution in [1.82, 2.24) is 15.0 Å². The third-order valence-electron chi connectivity index (χ3n) is 1.83. The Balaban J connectivity index is 3.15. The minimum absolute atomic E-state index is 0.133. The summed E-state index contributed by atoms with van der Waals surface area (Å²) in [6.07, 6.45) is 0. The Labute approximate surface area is 104 Å². The van der Waals surface area contributed by atoms with Gasteiger partial charge in [-0.2, -0.15) is 15.0 Å². The van der Waals surface area contributed by atoms with Gasteiger partial charge in [0.15, 0.2) is 0 Å². The first-order valence-electron chi connectivity index (χ1n) is 4.90. The summed E-state index contributed by atoms with van der Waals surface area (Å²) in [4.78, 5) is 31.8. The molecular formula is C8H16N6O4. The van der Waals surface area contributed by atoms with Crippen molar-refractivity contribution in [3.8, 4) is 0 Å². The quantitative estimate of drug-likeness (QED) is 0.662. The highest BCUT2D eigenvalue weighted by Crippen LogP contribution is 2.16. The van der Waals surface area contributed by atoms with E-state index in [0.29, 0.717) is 5.95 Å². The Bertz CT molecular complexity index is 340. The molecule has 0 saturated carbocycles. The molecule has 0 aliphatic heterocycles. The maximum absolute atomic E-state index is 4.92. The predicted octanol–water partition coefficient (Wildman–Crippen LogP) is -0.228. The largest absolute Gasteiger partial charge is 0.357 e. The first-order chi connectivity index (χ1) is 8.69. The lowest BCUT2D eigenvalue weighted by Crippen LogP contribution is -2.27. The Kier molecular flexibility index (Phi) is 5.45. The second-order valence-corrected chi connectivity index (χ2v) is 2.75. The van der Waals surface area contributed by atoms with Gasteiger partial charge in [-0.05, 0) is 0 Å². The summed E-state index contributed by atoms with van der Waals surface area (Å²) in [7, 11) is 7.32. The predicted molar refractivity (Wildman–Crippen MR) is 62.4 cm³/mol. The van der Waals surface area contributed by atoms with E-state index < -0.39 is 0 Å². The molecule has 1 aromatic rings. The fourth-order valence-electron chi connectivity index (χ4n) is 1.10. The molecule has 10 heteroatoms. The first-order valence-corrected chi connectivity index (χ1v) is 4.90. The standard InChI is InChI=1S/C8H16N6O4/c1-9-6-10-7(13(15-2)16-3)12-8(11-6)14(17-4)18-5/h1-5H3,(H,9,10,11,12). The molecule has 1 heterocycles. The van der Waals surface area contributed by atoms with Crippen LogP contribution in [0.5, 0.6) is 0 Å². The summed E-state index contributed by atoms with van der Waals surface area (Å²) in [6, 6.07) is 0. The summed E-state index contributed by atoms with van der Waals surface area (Å²) >= 11 is 0. The van der Waals surface area contributed by atoms with E-state index in [2.05, 4.69) is 20.3 Å². The van der Waals surface area contributed by atoms with Crippen molar-refractivity contribution >= 4 is 17.8 Å². The molecular weight excluding hydrogens is 244 g/mol. The number of nitrogens with one attached hydrogen (secondary N) is 1. The molecule has 1 rings (SSSR count). The summed E-state index contributed by atoms with van der Waals surface area (Å²) < 4.78 is 0. The molecule has 0 saturated heterocycles. The fourth-order valence-corrected chi connectivity index (χ4v) is 1.10. The molecule has 10 nitrogen and oxygen atoms in total. The number of aromatic nitrogens is 3. The minimum atomic E-state index is 0.133. The molecule has 18 heavy (non-hydrogen) atoms. The number of hydrogen-bond acceptors (Lipinski definition) is 10. The van der Waals surface area contributed by atoms with Gasteiger partial charge in [0.05, 0.1) is 28.4 Å². The van der Waals surface area contributed by atoms with Gasteiger partial charge in [0, 0.05) is 7.05 Å². The van der Waals surface area contributed by atoms with E-state index >= 15 is 0 Å². The minimum Gasteiger partial charge on any atom is -0.357 e. The lowest BCUT2D eigenvalue weighted by molar-refractivity contribution is -0.0524. The second-order valence-electron chi connectivity index (χ2n) is 2.75. The van der Waals surface area contributed by atoms with Gasteiger partial charge < -0.3 is 5.32 Å². The zero-order chi connectivity index (χ0) is 13.5. The number of rotatable bonds is 7. The van der Waals surface area contributed by atoms with Crippen molar-refractivity contribution in [2.24, 2.45) is 0 Å². The fraction of sp³-hybridized carbons (Fsp3) is 0.625. The second kappa shape index (κ2) is 6.86. The summed E-state index contributed by atoms with van der Waals surface area (Å²) in [6.45, 7) is 0. The highest BCUT2D eigenvalue weighted by Gasteiger charge is 2.17. The van der Waals surface area contributed by atoms with Gasteiger partial charge in [-0.1, -0.05) is 10.5 Å². The van der Waals surface area contributed by atoms with E-state index in [1.165, 1.54) is 28.4 Å². The van der Waals surface area contributed by atoms with Crippen LogP contribution in [0.4, 0.5) is 17.8 Å². The van der Waals surface area contributed by atoms with Crippen molar-refractivity contribution in [3.05, 3.63) is 0 Å².